The van der Waals surface area contributed by atoms with Crippen LogP contribution in [0.15, 0.2) is 18.2 Å². The average Bonchev–Trinajstić information content (AvgIpc) is 2.43. The number of carbonyl (C=O) groups excluding carboxylic acids is 1. The Labute approximate surface area is 127 Å². The molecule has 0 aliphatic carbocycles. The molecule has 3 N–H and O–H groups in total. The van der Waals surface area contributed by atoms with E-state index in [1.165, 1.54) is 19.2 Å². The predicted molar refractivity (Wildman–Crippen MR) is 77.3 cm³/mol. The Morgan fingerprint density at radius 3 is 2.50 bits per heavy atom. The molecule has 0 saturated carbocycles. The highest BCUT2D eigenvalue weighted by atomic mass is 19.4. The zero-order valence-corrected chi connectivity index (χ0v) is 12.9. The molecule has 0 bridgehead atoms. The molecule has 124 valence electrons. The highest BCUT2D eigenvalue weighted by Crippen LogP contribution is 2.34. The van der Waals surface area contributed by atoms with Gasteiger partial charge in [-0.15, -0.1) is 0 Å². The van der Waals surface area contributed by atoms with Gasteiger partial charge in [-0.25, -0.2) is 0 Å². The van der Waals surface area contributed by atoms with Crippen molar-refractivity contribution in [2.24, 2.45) is 5.73 Å². The van der Waals surface area contributed by atoms with Crippen molar-refractivity contribution in [3.8, 4) is 5.75 Å². The number of amides is 1. The summed E-state index contributed by atoms with van der Waals surface area (Å²) < 4.78 is 44.0. The van der Waals surface area contributed by atoms with Gasteiger partial charge in [0.15, 0.2) is 0 Å². The Morgan fingerprint density at radius 2 is 2.00 bits per heavy atom. The van der Waals surface area contributed by atoms with Gasteiger partial charge in [-0.1, -0.05) is 19.4 Å². The van der Waals surface area contributed by atoms with Crippen molar-refractivity contribution >= 4 is 5.91 Å². The molecule has 4 nitrogen and oxygen atoms in total. The summed E-state index contributed by atoms with van der Waals surface area (Å²) in [7, 11) is 1.29. The predicted octanol–water partition coefficient (Wildman–Crippen LogP) is 2.85. The first-order valence-electron chi connectivity index (χ1n) is 6.93. The van der Waals surface area contributed by atoms with Crippen LogP contribution >= 0.6 is 0 Å². The minimum atomic E-state index is -4.52. The summed E-state index contributed by atoms with van der Waals surface area (Å²) in [5.74, 6) is -0.365. The van der Waals surface area contributed by atoms with E-state index >= 15 is 0 Å². The van der Waals surface area contributed by atoms with Gasteiger partial charge in [-0.05, 0) is 31.0 Å². The van der Waals surface area contributed by atoms with Crippen LogP contribution in [-0.2, 0) is 17.5 Å². The molecule has 0 heterocycles. The smallest absolute Gasteiger partial charge is 0.416 e. The molecule has 0 radical (unpaired) electrons. The van der Waals surface area contributed by atoms with Gasteiger partial charge in [-0.2, -0.15) is 13.2 Å². The van der Waals surface area contributed by atoms with Crippen LogP contribution in [0.25, 0.3) is 0 Å². The monoisotopic (exact) mass is 318 g/mol. The number of halogens is 3. The Kier molecular flexibility index (Phi) is 5.82. The van der Waals surface area contributed by atoms with E-state index < -0.39 is 23.2 Å². The SMILES string of the molecule is CCCC(C)(N)C(=O)NCc1ccc(OC)cc1C(F)(F)F. The first kappa shape index (κ1) is 18.3. The van der Waals surface area contributed by atoms with Crippen molar-refractivity contribution in [1.29, 1.82) is 0 Å². The van der Waals surface area contributed by atoms with Crippen molar-refractivity contribution in [2.45, 2.75) is 44.9 Å². The second-order valence-electron chi connectivity index (χ2n) is 5.37. The molecular formula is C15H21F3N2O2. The molecule has 1 amide bonds. The minimum Gasteiger partial charge on any atom is -0.497 e. The second-order valence-corrected chi connectivity index (χ2v) is 5.37. The summed E-state index contributed by atoms with van der Waals surface area (Å²) in [6.45, 7) is 3.20. The van der Waals surface area contributed by atoms with E-state index in [2.05, 4.69) is 5.32 Å². The molecule has 0 saturated heterocycles. The maximum atomic E-state index is 13.1. The Bertz CT molecular complexity index is 528. The molecule has 0 aliphatic rings. The van der Waals surface area contributed by atoms with Crippen LogP contribution < -0.4 is 15.8 Å². The van der Waals surface area contributed by atoms with Gasteiger partial charge in [0.25, 0.3) is 0 Å². The zero-order valence-electron chi connectivity index (χ0n) is 12.9. The van der Waals surface area contributed by atoms with E-state index in [-0.39, 0.29) is 17.9 Å². The minimum absolute atomic E-state index is 0.0334. The van der Waals surface area contributed by atoms with Gasteiger partial charge in [-0.3, -0.25) is 4.79 Å². The van der Waals surface area contributed by atoms with Gasteiger partial charge >= 0.3 is 6.18 Å². The molecule has 1 aromatic carbocycles. The largest absolute Gasteiger partial charge is 0.497 e. The van der Waals surface area contributed by atoms with Crippen molar-refractivity contribution in [1.82, 2.24) is 5.32 Å². The molecule has 1 aromatic rings. The average molecular weight is 318 g/mol. The van der Waals surface area contributed by atoms with Crippen LogP contribution in [0, 0.1) is 0 Å². The number of nitrogens with two attached hydrogens (primary N) is 1. The molecular weight excluding hydrogens is 297 g/mol. The van der Waals surface area contributed by atoms with Crippen LogP contribution in [0.1, 0.15) is 37.8 Å². The molecule has 0 spiro atoms. The number of alkyl halides is 3. The fourth-order valence-corrected chi connectivity index (χ4v) is 2.11. The highest BCUT2D eigenvalue weighted by molar-refractivity contribution is 5.85. The normalized spacial score (nSPS) is 14.3. The van der Waals surface area contributed by atoms with Gasteiger partial charge in [0.2, 0.25) is 5.91 Å². The van der Waals surface area contributed by atoms with Crippen molar-refractivity contribution in [3.05, 3.63) is 29.3 Å². The Morgan fingerprint density at radius 1 is 1.36 bits per heavy atom. The maximum Gasteiger partial charge on any atom is 0.416 e. The molecule has 0 aliphatic heterocycles. The van der Waals surface area contributed by atoms with Crippen molar-refractivity contribution in [3.63, 3.8) is 0 Å². The van der Waals surface area contributed by atoms with E-state index in [4.69, 9.17) is 10.5 Å². The molecule has 7 heteroatoms. The second kappa shape index (κ2) is 7.00. The van der Waals surface area contributed by atoms with Crippen molar-refractivity contribution in [2.75, 3.05) is 7.11 Å². The Balaban J connectivity index is 2.92. The van der Waals surface area contributed by atoms with E-state index in [1.54, 1.807) is 6.92 Å². The van der Waals surface area contributed by atoms with Crippen molar-refractivity contribution < 1.29 is 22.7 Å². The lowest BCUT2D eigenvalue weighted by Crippen LogP contribution is -2.51. The number of carbonyl (C=O) groups is 1. The fraction of sp³-hybridized carbons (Fsp3) is 0.533. The number of ether oxygens (including phenoxy) is 1. The summed E-state index contributed by atoms with van der Waals surface area (Å²) in [6.07, 6.45) is -3.37. The number of methoxy groups -OCH3 is 1. The third kappa shape index (κ3) is 4.62. The highest BCUT2D eigenvalue weighted by Gasteiger charge is 2.34. The van der Waals surface area contributed by atoms with E-state index in [0.717, 1.165) is 6.07 Å². The molecule has 22 heavy (non-hydrogen) atoms. The summed E-state index contributed by atoms with van der Waals surface area (Å²) in [6, 6.07) is 3.62. The Hall–Kier alpha value is -1.76. The quantitative estimate of drug-likeness (QED) is 0.848. The lowest BCUT2D eigenvalue weighted by atomic mass is 9.96. The summed E-state index contributed by atoms with van der Waals surface area (Å²) in [5, 5.41) is 2.47. The van der Waals surface area contributed by atoms with E-state index in [9.17, 15) is 18.0 Å². The summed E-state index contributed by atoms with van der Waals surface area (Å²) >= 11 is 0. The van der Waals surface area contributed by atoms with Crippen LogP contribution in [-0.4, -0.2) is 18.6 Å². The summed E-state index contributed by atoms with van der Waals surface area (Å²) in [4.78, 5) is 12.0. The van der Waals surface area contributed by atoms with Crippen LogP contribution in [0.5, 0.6) is 5.75 Å². The zero-order chi connectivity index (χ0) is 17.0. The molecule has 0 fully saturated rings. The fourth-order valence-electron chi connectivity index (χ4n) is 2.11. The molecule has 1 rings (SSSR count). The van der Waals surface area contributed by atoms with Gasteiger partial charge in [0.05, 0.1) is 18.2 Å². The lowest BCUT2D eigenvalue weighted by molar-refractivity contribution is -0.138. The number of benzene rings is 1. The first-order valence-corrected chi connectivity index (χ1v) is 6.93. The van der Waals surface area contributed by atoms with Gasteiger partial charge < -0.3 is 15.8 Å². The number of hydrogen-bond acceptors (Lipinski definition) is 3. The number of rotatable bonds is 6. The van der Waals surface area contributed by atoms with Crippen LogP contribution in [0.4, 0.5) is 13.2 Å². The number of hydrogen-bond donors (Lipinski definition) is 2. The third-order valence-electron chi connectivity index (χ3n) is 3.35. The summed E-state index contributed by atoms with van der Waals surface area (Å²) in [5.41, 5.74) is 3.89. The van der Waals surface area contributed by atoms with Crippen LogP contribution in [0.2, 0.25) is 0 Å². The topological polar surface area (TPSA) is 64.4 Å². The van der Waals surface area contributed by atoms with Gasteiger partial charge in [0, 0.05) is 6.54 Å². The number of nitrogens with one attached hydrogen (secondary N) is 1. The van der Waals surface area contributed by atoms with E-state index in [1.807, 2.05) is 6.92 Å². The molecule has 1 unspecified atom stereocenters. The van der Waals surface area contributed by atoms with Crippen LogP contribution in [0.3, 0.4) is 0 Å². The van der Waals surface area contributed by atoms with Gasteiger partial charge in [0.1, 0.15) is 5.75 Å². The molecule has 1 atom stereocenters. The van der Waals surface area contributed by atoms with E-state index in [0.29, 0.717) is 12.8 Å². The lowest BCUT2D eigenvalue weighted by Gasteiger charge is -2.23. The maximum absolute atomic E-state index is 13.1. The third-order valence-corrected chi connectivity index (χ3v) is 3.35. The molecule has 0 aromatic heterocycles. The first-order chi connectivity index (χ1) is 10.1. The standard InChI is InChI=1S/C15H21F3N2O2/c1-4-7-14(2,19)13(21)20-9-10-5-6-11(22-3)8-12(10)15(16,17)18/h5-6,8H,4,7,9,19H2,1-3H3,(H,20,21).